The molecule has 2 rings (SSSR count). The van der Waals surface area contributed by atoms with Crippen molar-refractivity contribution >= 4 is 27.3 Å². The third-order valence-corrected chi connectivity index (χ3v) is 5.44. The fourth-order valence-electron chi connectivity index (χ4n) is 2.23. The standard InChI is InChI=1S/C16H20BrNOS/c1-12-16(20-11-18-12)8-5-14(10-17)9-13-3-6-15(19-2)7-4-13/h3-4,6-7,11,14H,5,8-10H2,1-2H3. The first-order valence-corrected chi connectivity index (χ1v) is 8.81. The van der Waals surface area contributed by atoms with Crippen molar-refractivity contribution in [1.82, 2.24) is 4.98 Å². The lowest BCUT2D eigenvalue weighted by atomic mass is 9.96. The molecule has 1 aromatic heterocycles. The summed E-state index contributed by atoms with van der Waals surface area (Å²) in [6, 6.07) is 8.39. The Hall–Kier alpha value is -0.870. The lowest BCUT2D eigenvalue weighted by Gasteiger charge is -2.14. The number of ether oxygens (including phenoxy) is 1. The average Bonchev–Trinajstić information content (AvgIpc) is 2.89. The summed E-state index contributed by atoms with van der Waals surface area (Å²) in [5.41, 5.74) is 4.50. The van der Waals surface area contributed by atoms with Crippen molar-refractivity contribution in [3.8, 4) is 5.75 Å². The Morgan fingerprint density at radius 1 is 1.30 bits per heavy atom. The number of benzene rings is 1. The van der Waals surface area contributed by atoms with Crippen molar-refractivity contribution in [2.45, 2.75) is 26.2 Å². The zero-order valence-electron chi connectivity index (χ0n) is 11.9. The van der Waals surface area contributed by atoms with Crippen LogP contribution in [0, 0.1) is 12.8 Å². The predicted molar refractivity (Wildman–Crippen MR) is 89.2 cm³/mol. The summed E-state index contributed by atoms with van der Waals surface area (Å²) in [7, 11) is 1.70. The van der Waals surface area contributed by atoms with Crippen LogP contribution in [0.1, 0.15) is 22.6 Å². The topological polar surface area (TPSA) is 22.1 Å². The molecule has 0 saturated heterocycles. The van der Waals surface area contributed by atoms with Crippen LogP contribution in [-0.2, 0) is 12.8 Å². The third-order valence-electron chi connectivity index (χ3n) is 3.53. The molecule has 20 heavy (non-hydrogen) atoms. The molecular weight excluding hydrogens is 334 g/mol. The summed E-state index contributed by atoms with van der Waals surface area (Å²) in [6.07, 6.45) is 3.43. The van der Waals surface area contributed by atoms with Crippen molar-refractivity contribution in [3.63, 3.8) is 0 Å². The van der Waals surface area contributed by atoms with Crippen LogP contribution in [0.3, 0.4) is 0 Å². The molecule has 0 saturated carbocycles. The van der Waals surface area contributed by atoms with Gasteiger partial charge in [-0.3, -0.25) is 0 Å². The number of nitrogens with zero attached hydrogens (tertiary/aromatic N) is 1. The maximum atomic E-state index is 5.20. The van der Waals surface area contributed by atoms with Crippen LogP contribution >= 0.6 is 27.3 Å². The smallest absolute Gasteiger partial charge is 0.118 e. The van der Waals surface area contributed by atoms with Crippen LogP contribution in [0.2, 0.25) is 0 Å². The second kappa shape index (κ2) is 7.79. The number of halogens is 1. The van der Waals surface area contributed by atoms with Gasteiger partial charge in [-0.2, -0.15) is 0 Å². The Morgan fingerprint density at radius 3 is 2.60 bits per heavy atom. The van der Waals surface area contributed by atoms with Gasteiger partial charge in [-0.25, -0.2) is 4.98 Å². The lowest BCUT2D eigenvalue weighted by molar-refractivity contribution is 0.414. The van der Waals surface area contributed by atoms with E-state index in [0.29, 0.717) is 5.92 Å². The van der Waals surface area contributed by atoms with Crippen molar-refractivity contribution in [3.05, 3.63) is 45.9 Å². The second-order valence-electron chi connectivity index (χ2n) is 4.97. The molecular formula is C16H20BrNOS. The molecule has 0 aliphatic heterocycles. The molecule has 0 fully saturated rings. The molecule has 1 aromatic carbocycles. The van der Waals surface area contributed by atoms with Crippen LogP contribution in [0.15, 0.2) is 29.8 Å². The molecule has 2 aromatic rings. The number of hydrogen-bond acceptors (Lipinski definition) is 3. The third kappa shape index (κ3) is 4.32. The van der Waals surface area contributed by atoms with E-state index in [1.165, 1.54) is 22.6 Å². The first kappa shape index (κ1) is 15.5. The molecule has 108 valence electrons. The molecule has 0 N–H and O–H groups in total. The van der Waals surface area contributed by atoms with Gasteiger partial charge in [0.1, 0.15) is 5.75 Å². The van der Waals surface area contributed by atoms with Gasteiger partial charge < -0.3 is 4.74 Å². The number of alkyl halides is 1. The van der Waals surface area contributed by atoms with Crippen molar-refractivity contribution in [2.24, 2.45) is 5.92 Å². The van der Waals surface area contributed by atoms with Crippen molar-refractivity contribution < 1.29 is 4.74 Å². The Labute approximate surface area is 133 Å². The monoisotopic (exact) mass is 353 g/mol. The minimum absolute atomic E-state index is 0.657. The van der Waals surface area contributed by atoms with Crippen molar-refractivity contribution in [2.75, 3.05) is 12.4 Å². The number of aromatic nitrogens is 1. The SMILES string of the molecule is COc1ccc(CC(CBr)CCc2scnc2C)cc1. The van der Waals surface area contributed by atoms with E-state index in [9.17, 15) is 0 Å². The number of aryl methyl sites for hydroxylation is 2. The molecule has 0 radical (unpaired) electrons. The number of rotatable bonds is 7. The van der Waals surface area contributed by atoms with Gasteiger partial charge in [0, 0.05) is 10.2 Å². The predicted octanol–water partition coefficient (Wildman–Crippen LogP) is 4.65. The molecule has 0 aliphatic rings. The summed E-state index contributed by atoms with van der Waals surface area (Å²) in [6.45, 7) is 2.10. The molecule has 1 atom stereocenters. The van der Waals surface area contributed by atoms with Crippen LogP contribution < -0.4 is 4.74 Å². The average molecular weight is 354 g/mol. The van der Waals surface area contributed by atoms with E-state index in [1.54, 1.807) is 18.4 Å². The fourth-order valence-corrected chi connectivity index (χ4v) is 3.58. The summed E-state index contributed by atoms with van der Waals surface area (Å²) in [5, 5.41) is 1.04. The van der Waals surface area contributed by atoms with Gasteiger partial charge in [-0.15, -0.1) is 11.3 Å². The number of hydrogen-bond donors (Lipinski definition) is 0. The summed E-state index contributed by atoms with van der Waals surface area (Å²) < 4.78 is 5.20. The Balaban J connectivity index is 1.89. The lowest BCUT2D eigenvalue weighted by Crippen LogP contribution is -2.07. The van der Waals surface area contributed by atoms with E-state index >= 15 is 0 Å². The minimum Gasteiger partial charge on any atom is -0.497 e. The normalized spacial score (nSPS) is 12.3. The van der Waals surface area contributed by atoms with Gasteiger partial charge in [0.15, 0.2) is 0 Å². The molecule has 2 nitrogen and oxygen atoms in total. The van der Waals surface area contributed by atoms with Gasteiger partial charge in [-0.1, -0.05) is 28.1 Å². The van der Waals surface area contributed by atoms with E-state index in [0.717, 1.165) is 23.9 Å². The number of thiazole rings is 1. The van der Waals surface area contributed by atoms with E-state index < -0.39 is 0 Å². The highest BCUT2D eigenvalue weighted by Crippen LogP contribution is 2.22. The zero-order chi connectivity index (χ0) is 14.4. The van der Waals surface area contributed by atoms with Crippen LogP contribution in [-0.4, -0.2) is 17.4 Å². The van der Waals surface area contributed by atoms with Gasteiger partial charge in [0.05, 0.1) is 18.3 Å². The van der Waals surface area contributed by atoms with Gasteiger partial charge in [0.2, 0.25) is 0 Å². The highest BCUT2D eigenvalue weighted by atomic mass is 79.9. The molecule has 0 bridgehead atoms. The van der Waals surface area contributed by atoms with E-state index in [1.807, 2.05) is 17.6 Å². The molecule has 4 heteroatoms. The Kier molecular flexibility index (Phi) is 6.05. The molecule has 0 aliphatic carbocycles. The van der Waals surface area contributed by atoms with Crippen molar-refractivity contribution in [1.29, 1.82) is 0 Å². The summed E-state index contributed by atoms with van der Waals surface area (Å²) in [5.74, 6) is 1.58. The minimum atomic E-state index is 0.657. The summed E-state index contributed by atoms with van der Waals surface area (Å²) >= 11 is 5.42. The largest absolute Gasteiger partial charge is 0.497 e. The van der Waals surface area contributed by atoms with Crippen LogP contribution in [0.5, 0.6) is 5.75 Å². The van der Waals surface area contributed by atoms with E-state index in [-0.39, 0.29) is 0 Å². The van der Waals surface area contributed by atoms with Gasteiger partial charge in [-0.05, 0) is 49.8 Å². The van der Waals surface area contributed by atoms with E-state index in [4.69, 9.17) is 4.74 Å². The quantitative estimate of drug-likeness (QED) is 0.676. The Morgan fingerprint density at radius 2 is 2.05 bits per heavy atom. The maximum absolute atomic E-state index is 5.20. The van der Waals surface area contributed by atoms with Crippen LogP contribution in [0.25, 0.3) is 0 Å². The molecule has 1 unspecified atom stereocenters. The number of methoxy groups -OCH3 is 1. The van der Waals surface area contributed by atoms with Gasteiger partial charge >= 0.3 is 0 Å². The first-order valence-electron chi connectivity index (χ1n) is 6.80. The highest BCUT2D eigenvalue weighted by molar-refractivity contribution is 9.09. The Bertz CT molecular complexity index is 524. The van der Waals surface area contributed by atoms with Gasteiger partial charge in [0.25, 0.3) is 0 Å². The summed E-state index contributed by atoms with van der Waals surface area (Å²) in [4.78, 5) is 5.74. The zero-order valence-corrected chi connectivity index (χ0v) is 14.3. The molecule has 1 heterocycles. The van der Waals surface area contributed by atoms with E-state index in [2.05, 4.69) is 40.0 Å². The maximum Gasteiger partial charge on any atom is 0.118 e. The molecule has 0 spiro atoms. The second-order valence-corrected chi connectivity index (χ2v) is 6.56. The highest BCUT2D eigenvalue weighted by Gasteiger charge is 2.11. The first-order chi connectivity index (χ1) is 9.72. The van der Waals surface area contributed by atoms with Crippen LogP contribution in [0.4, 0.5) is 0 Å². The molecule has 0 amide bonds. The fraction of sp³-hybridized carbons (Fsp3) is 0.438.